The number of nitrogens with zero attached hydrogens (tertiary/aromatic N) is 1. The third-order valence-electron chi connectivity index (χ3n) is 3.99. The van der Waals surface area contributed by atoms with Crippen molar-refractivity contribution in [2.24, 2.45) is 11.8 Å². The van der Waals surface area contributed by atoms with Gasteiger partial charge in [-0.1, -0.05) is 13.8 Å². The minimum atomic E-state index is -0.886. The van der Waals surface area contributed by atoms with Gasteiger partial charge in [-0.3, -0.25) is 9.59 Å². The number of carbonyl (C=O) groups is 2. The van der Waals surface area contributed by atoms with Crippen molar-refractivity contribution >= 4 is 11.9 Å². The van der Waals surface area contributed by atoms with Crippen molar-refractivity contribution < 1.29 is 33.6 Å². The molecule has 1 N–H and O–H groups in total. The molecule has 1 rings (SSSR count). The van der Waals surface area contributed by atoms with Crippen molar-refractivity contribution in [3.63, 3.8) is 0 Å². The van der Waals surface area contributed by atoms with Gasteiger partial charge in [0.1, 0.15) is 0 Å². The van der Waals surface area contributed by atoms with E-state index in [0.717, 1.165) is 0 Å². The largest absolute Gasteiger partial charge is 0.481 e. The van der Waals surface area contributed by atoms with Gasteiger partial charge in [0, 0.05) is 19.0 Å². The van der Waals surface area contributed by atoms with Crippen molar-refractivity contribution in [2.75, 3.05) is 65.9 Å². The summed E-state index contributed by atoms with van der Waals surface area (Å²) in [4.78, 5) is 25.3. The summed E-state index contributed by atoms with van der Waals surface area (Å²) in [6.45, 7) is 8.04. The standard InChI is InChI=1S/C17H31NO7/c1-14(13-15(2)17(20)21)16(19)18-3-5-22-7-9-24-11-12-25-10-8-23-6-4-18/h14-15H,3-13H2,1-2H3,(H,20,21)/t14-,15-/m0/s1. The van der Waals surface area contributed by atoms with Crippen molar-refractivity contribution in [1.29, 1.82) is 0 Å². The molecule has 0 spiro atoms. The molecular formula is C17H31NO7. The first kappa shape index (κ1) is 21.8. The number of carboxylic acid groups (broad SMARTS) is 1. The van der Waals surface area contributed by atoms with E-state index in [1.54, 1.807) is 18.7 Å². The lowest BCUT2D eigenvalue weighted by molar-refractivity contribution is -0.143. The van der Waals surface area contributed by atoms with Gasteiger partial charge in [0.15, 0.2) is 0 Å². The fourth-order valence-corrected chi connectivity index (χ4v) is 2.49. The maximum atomic E-state index is 12.6. The Bertz CT molecular complexity index is 375. The Balaban J connectivity index is 2.52. The van der Waals surface area contributed by atoms with Crippen LogP contribution in [0.5, 0.6) is 0 Å². The average Bonchev–Trinajstić information content (AvgIpc) is 2.59. The van der Waals surface area contributed by atoms with Crippen LogP contribution in [0.4, 0.5) is 0 Å². The summed E-state index contributed by atoms with van der Waals surface area (Å²) >= 11 is 0. The molecule has 2 atom stereocenters. The molecule has 1 amide bonds. The van der Waals surface area contributed by atoms with Crippen LogP contribution in [0.15, 0.2) is 0 Å². The normalized spacial score (nSPS) is 21.6. The van der Waals surface area contributed by atoms with Gasteiger partial charge in [0.05, 0.1) is 58.8 Å². The molecule has 0 aromatic heterocycles. The Morgan fingerprint density at radius 1 is 0.800 bits per heavy atom. The van der Waals surface area contributed by atoms with E-state index in [1.807, 2.05) is 0 Å². The van der Waals surface area contributed by atoms with Crippen LogP contribution in [0.25, 0.3) is 0 Å². The van der Waals surface area contributed by atoms with E-state index in [-0.39, 0.29) is 11.8 Å². The SMILES string of the molecule is C[C@@H](C[C@H](C)C(=O)N1CCOCCOCCOCCOCC1)C(=O)O. The lowest BCUT2D eigenvalue weighted by Gasteiger charge is -2.26. The van der Waals surface area contributed by atoms with Crippen LogP contribution < -0.4 is 0 Å². The van der Waals surface area contributed by atoms with Crippen molar-refractivity contribution in [2.45, 2.75) is 20.3 Å². The Morgan fingerprint density at radius 2 is 1.20 bits per heavy atom. The van der Waals surface area contributed by atoms with Crippen LogP contribution in [-0.4, -0.2) is 87.8 Å². The number of hydrogen-bond donors (Lipinski definition) is 1. The molecule has 8 heteroatoms. The first-order valence-electron chi connectivity index (χ1n) is 8.85. The van der Waals surface area contributed by atoms with Crippen LogP contribution in [0, 0.1) is 11.8 Å². The van der Waals surface area contributed by atoms with Crippen LogP contribution in [-0.2, 0) is 28.5 Å². The molecule has 1 aliphatic rings. The summed E-state index contributed by atoms with van der Waals surface area (Å²) in [5.74, 6) is -1.87. The minimum Gasteiger partial charge on any atom is -0.481 e. The highest BCUT2D eigenvalue weighted by Gasteiger charge is 2.24. The van der Waals surface area contributed by atoms with Gasteiger partial charge in [0.2, 0.25) is 5.91 Å². The van der Waals surface area contributed by atoms with Crippen molar-refractivity contribution in [1.82, 2.24) is 4.90 Å². The van der Waals surface area contributed by atoms with Crippen LogP contribution in [0.2, 0.25) is 0 Å². The van der Waals surface area contributed by atoms with E-state index >= 15 is 0 Å². The number of carboxylic acids is 1. The van der Waals surface area contributed by atoms with Crippen molar-refractivity contribution in [3.05, 3.63) is 0 Å². The van der Waals surface area contributed by atoms with Gasteiger partial charge in [0.25, 0.3) is 0 Å². The maximum Gasteiger partial charge on any atom is 0.306 e. The summed E-state index contributed by atoms with van der Waals surface area (Å²) in [6, 6.07) is 0. The number of amides is 1. The highest BCUT2D eigenvalue weighted by Crippen LogP contribution is 2.15. The number of hydrogen-bond acceptors (Lipinski definition) is 6. The van der Waals surface area contributed by atoms with Gasteiger partial charge >= 0.3 is 5.97 Å². The smallest absolute Gasteiger partial charge is 0.306 e. The molecular weight excluding hydrogens is 330 g/mol. The molecule has 0 unspecified atom stereocenters. The second kappa shape index (κ2) is 13.0. The Labute approximate surface area is 149 Å². The zero-order chi connectivity index (χ0) is 18.5. The zero-order valence-electron chi connectivity index (χ0n) is 15.3. The van der Waals surface area contributed by atoms with E-state index in [2.05, 4.69) is 0 Å². The summed E-state index contributed by atoms with van der Waals surface area (Å²) in [5.41, 5.74) is 0. The number of aliphatic carboxylic acids is 1. The van der Waals surface area contributed by atoms with Gasteiger partial charge in [-0.05, 0) is 6.42 Å². The Hall–Kier alpha value is -1.22. The monoisotopic (exact) mass is 361 g/mol. The zero-order valence-corrected chi connectivity index (χ0v) is 15.3. The first-order chi connectivity index (χ1) is 12.0. The predicted octanol–water partition coefficient (Wildman–Crippen LogP) is 0.642. The van der Waals surface area contributed by atoms with Gasteiger partial charge in [-0.2, -0.15) is 0 Å². The van der Waals surface area contributed by atoms with Gasteiger partial charge < -0.3 is 29.0 Å². The molecule has 0 aliphatic carbocycles. The summed E-state index contributed by atoms with van der Waals surface area (Å²) in [6.07, 6.45) is 0.314. The highest BCUT2D eigenvalue weighted by atomic mass is 16.6. The van der Waals surface area contributed by atoms with Crippen LogP contribution >= 0.6 is 0 Å². The van der Waals surface area contributed by atoms with E-state index < -0.39 is 11.9 Å². The van der Waals surface area contributed by atoms with Crippen LogP contribution in [0.3, 0.4) is 0 Å². The fourth-order valence-electron chi connectivity index (χ4n) is 2.49. The topological polar surface area (TPSA) is 94.5 Å². The highest BCUT2D eigenvalue weighted by molar-refractivity contribution is 5.79. The van der Waals surface area contributed by atoms with E-state index in [4.69, 9.17) is 24.1 Å². The molecule has 0 aromatic carbocycles. The average molecular weight is 361 g/mol. The number of carbonyl (C=O) groups excluding carboxylic acids is 1. The summed E-state index contributed by atoms with van der Waals surface area (Å²) in [5, 5.41) is 9.02. The molecule has 8 nitrogen and oxygen atoms in total. The summed E-state index contributed by atoms with van der Waals surface area (Å²) < 4.78 is 21.7. The van der Waals surface area contributed by atoms with Crippen LogP contribution in [0.1, 0.15) is 20.3 Å². The first-order valence-corrected chi connectivity index (χ1v) is 8.85. The molecule has 0 aromatic rings. The second-order valence-electron chi connectivity index (χ2n) is 6.15. The molecule has 1 heterocycles. The molecule has 0 radical (unpaired) electrons. The molecule has 1 aliphatic heterocycles. The maximum absolute atomic E-state index is 12.6. The second-order valence-corrected chi connectivity index (χ2v) is 6.15. The predicted molar refractivity (Wildman–Crippen MR) is 90.4 cm³/mol. The van der Waals surface area contributed by atoms with E-state index in [1.165, 1.54) is 0 Å². The lowest BCUT2D eigenvalue weighted by atomic mass is 9.96. The van der Waals surface area contributed by atoms with E-state index in [9.17, 15) is 9.59 Å². The molecule has 1 saturated heterocycles. The fraction of sp³-hybridized carbons (Fsp3) is 0.882. The van der Waals surface area contributed by atoms with Gasteiger partial charge in [-0.25, -0.2) is 0 Å². The molecule has 146 valence electrons. The molecule has 25 heavy (non-hydrogen) atoms. The third-order valence-corrected chi connectivity index (χ3v) is 3.99. The van der Waals surface area contributed by atoms with Crippen molar-refractivity contribution in [3.8, 4) is 0 Å². The van der Waals surface area contributed by atoms with E-state index in [0.29, 0.717) is 72.4 Å². The Kier molecular flexibility index (Phi) is 11.4. The molecule has 0 bridgehead atoms. The number of rotatable bonds is 4. The number of ether oxygens (including phenoxy) is 4. The quantitative estimate of drug-likeness (QED) is 0.785. The Morgan fingerprint density at radius 3 is 1.60 bits per heavy atom. The molecule has 1 fully saturated rings. The van der Waals surface area contributed by atoms with Gasteiger partial charge in [-0.15, -0.1) is 0 Å². The summed E-state index contributed by atoms with van der Waals surface area (Å²) in [7, 11) is 0. The minimum absolute atomic E-state index is 0.0721. The lowest BCUT2D eigenvalue weighted by Crippen LogP contribution is -2.40. The third kappa shape index (κ3) is 9.74. The molecule has 0 saturated carbocycles.